The van der Waals surface area contributed by atoms with E-state index < -0.39 is 77.3 Å². The Labute approximate surface area is 376 Å². The molecular weight excluding hydrogens is 841 g/mol. The molecule has 64 heavy (non-hydrogen) atoms. The molecule has 9 atom stereocenters. The summed E-state index contributed by atoms with van der Waals surface area (Å²) in [7, 11) is 1.47. The zero-order chi connectivity index (χ0) is 46.4. The number of esters is 1. The predicted molar refractivity (Wildman–Crippen MR) is 246 cm³/mol. The lowest BCUT2D eigenvalue weighted by Crippen LogP contribution is -2.46. The molecule has 1 aromatic heterocycles. The number of anilines is 3. The van der Waals surface area contributed by atoms with Crippen LogP contribution in [0.2, 0.25) is 0 Å². The zero-order valence-corrected chi connectivity index (χ0v) is 38.4. The fraction of sp³-hybridized carbons (Fsp3) is 0.458. The molecule has 0 radical (unpaired) electrons. The molecule has 4 aromatic rings. The fourth-order valence-corrected chi connectivity index (χ4v) is 10.2. The number of ketones is 1. The number of rotatable bonds is 4. The summed E-state index contributed by atoms with van der Waals surface area (Å²) in [6.45, 7) is 15.5. The topological polar surface area (TPSA) is 200 Å². The van der Waals surface area contributed by atoms with Crippen LogP contribution in [0.4, 0.5) is 16.5 Å². The number of aliphatic hydroxyl groups is 2. The van der Waals surface area contributed by atoms with Gasteiger partial charge in [0.05, 0.1) is 45.7 Å². The highest BCUT2D eigenvalue weighted by Crippen LogP contribution is 2.55. The number of allylic oxidation sites excluding steroid dienone is 2. The maximum Gasteiger partial charge on any atom is 0.312 e. The maximum atomic E-state index is 14.8. The Bertz CT molecular complexity index is 2530. The summed E-state index contributed by atoms with van der Waals surface area (Å²) in [6.07, 6.45) is 3.96. The summed E-state index contributed by atoms with van der Waals surface area (Å²) in [5.41, 5.74) is 1.85. The molecule has 4 heterocycles. The number of piperazine rings is 1. The van der Waals surface area contributed by atoms with Crippen molar-refractivity contribution in [3.63, 3.8) is 0 Å². The number of carbonyl (C=O) groups is 3. The van der Waals surface area contributed by atoms with E-state index in [2.05, 4.69) is 27.2 Å². The number of Topliss-reactive ketones (excluding diaryl/α,β-unsaturated/α-hetero) is 1. The van der Waals surface area contributed by atoms with Gasteiger partial charge in [0.2, 0.25) is 0 Å². The van der Waals surface area contributed by atoms with Gasteiger partial charge in [-0.3, -0.25) is 14.4 Å². The van der Waals surface area contributed by atoms with E-state index in [4.69, 9.17) is 23.9 Å². The van der Waals surface area contributed by atoms with Crippen LogP contribution in [0.15, 0.2) is 66.5 Å². The number of thiazole rings is 1. The monoisotopic (exact) mass is 898 g/mol. The van der Waals surface area contributed by atoms with Crippen molar-refractivity contribution in [1.29, 1.82) is 0 Å². The number of methoxy groups -OCH3 is 1. The van der Waals surface area contributed by atoms with Crippen molar-refractivity contribution in [3.05, 3.63) is 77.6 Å². The Morgan fingerprint density at radius 3 is 2.25 bits per heavy atom. The highest BCUT2D eigenvalue weighted by atomic mass is 32.1. The van der Waals surface area contributed by atoms with E-state index in [-0.39, 0.29) is 50.2 Å². The highest BCUT2D eigenvalue weighted by molar-refractivity contribution is 7.23. The minimum Gasteiger partial charge on any atom is -0.507 e. The predicted octanol–water partition coefficient (Wildman–Crippen LogP) is 6.98. The number of para-hydroxylation sites is 1. The number of phenolic OH excluding ortho intramolecular Hbond substituents is 2. The molecule has 3 aliphatic heterocycles. The molecule has 15 nitrogen and oxygen atoms in total. The summed E-state index contributed by atoms with van der Waals surface area (Å²) >= 11 is 1.25. The number of phenols is 2. The maximum absolute atomic E-state index is 14.8. The van der Waals surface area contributed by atoms with Crippen LogP contribution >= 0.6 is 11.3 Å². The second-order valence-electron chi connectivity index (χ2n) is 17.3. The number of fused-ring (bicyclic) bond motifs is 1. The van der Waals surface area contributed by atoms with Gasteiger partial charge in [-0.15, -0.1) is 0 Å². The Morgan fingerprint density at radius 1 is 0.922 bits per heavy atom. The van der Waals surface area contributed by atoms with E-state index in [0.717, 1.165) is 5.69 Å². The van der Waals surface area contributed by atoms with Gasteiger partial charge in [0.25, 0.3) is 11.7 Å². The van der Waals surface area contributed by atoms with Gasteiger partial charge in [0, 0.05) is 93.0 Å². The van der Waals surface area contributed by atoms with E-state index in [1.807, 2.05) is 18.2 Å². The Morgan fingerprint density at radius 2 is 1.59 bits per heavy atom. The average Bonchev–Trinajstić information content (AvgIpc) is 3.84. The van der Waals surface area contributed by atoms with Crippen LogP contribution in [0.1, 0.15) is 64.4 Å². The van der Waals surface area contributed by atoms with Gasteiger partial charge < -0.3 is 54.5 Å². The van der Waals surface area contributed by atoms with Gasteiger partial charge in [0.15, 0.2) is 10.9 Å². The first-order valence-corrected chi connectivity index (χ1v) is 22.4. The van der Waals surface area contributed by atoms with Crippen LogP contribution < -0.4 is 19.9 Å². The van der Waals surface area contributed by atoms with E-state index in [1.54, 1.807) is 65.8 Å². The lowest BCUT2D eigenvalue weighted by atomic mass is 9.78. The molecule has 3 aromatic carbocycles. The van der Waals surface area contributed by atoms with Crippen LogP contribution in [0.5, 0.6) is 17.2 Å². The second kappa shape index (κ2) is 18.4. The normalized spacial score (nSPS) is 30.1. The molecule has 342 valence electrons. The van der Waals surface area contributed by atoms with Gasteiger partial charge >= 0.3 is 11.8 Å². The number of aromatic hydroxyl groups is 2. The number of aliphatic hydroxyl groups excluding tert-OH is 2. The van der Waals surface area contributed by atoms with Crippen LogP contribution in [0.3, 0.4) is 0 Å². The third kappa shape index (κ3) is 8.51. The third-order valence-corrected chi connectivity index (χ3v) is 14.2. The molecule has 5 N–H and O–H groups in total. The number of nitrogens with zero attached hydrogens (tertiary/aromatic N) is 3. The first-order valence-electron chi connectivity index (χ1n) is 21.6. The van der Waals surface area contributed by atoms with Crippen molar-refractivity contribution in [3.8, 4) is 17.2 Å². The summed E-state index contributed by atoms with van der Waals surface area (Å²) < 4.78 is 24.4. The highest BCUT2D eigenvalue weighted by Gasteiger charge is 2.50. The van der Waals surface area contributed by atoms with Crippen molar-refractivity contribution in [2.75, 3.05) is 48.4 Å². The molecule has 0 aliphatic carbocycles. The number of ether oxygens (including phenoxy) is 4. The Kier molecular flexibility index (Phi) is 13.3. The molecule has 1 saturated heterocycles. The lowest BCUT2D eigenvalue weighted by molar-refractivity contribution is -0.160. The van der Waals surface area contributed by atoms with Crippen molar-refractivity contribution in [2.45, 2.75) is 85.6 Å². The van der Waals surface area contributed by atoms with Gasteiger partial charge in [-0.25, -0.2) is 4.98 Å². The SMILES string of the molecule is CO[C@H]1/C=C/O[C@@]2(C)Oc3c(C)c(O)c4c(O)c(c5sc(N6CCN(c7ccccc7)CC6)nc5c4c3C2=O)NC(=O)/C(C)=C/C=C/[C@H](C)[C@H](O)[C@@H](C)[C@@H](O)[C@@H](C)[C@H](OC(C)=O)[C@@H]1C. The van der Waals surface area contributed by atoms with Gasteiger partial charge in [-0.1, -0.05) is 75.5 Å². The molecule has 7 rings (SSSR count). The minimum atomic E-state index is -1.96. The third-order valence-electron chi connectivity index (χ3n) is 13.0. The number of nitrogens with one attached hydrogen (secondary N) is 1. The number of benzene rings is 3. The fourth-order valence-electron chi connectivity index (χ4n) is 9.04. The molecule has 0 spiro atoms. The van der Waals surface area contributed by atoms with E-state index >= 15 is 0 Å². The number of aromatic nitrogens is 1. The molecule has 1 amide bonds. The van der Waals surface area contributed by atoms with Crippen LogP contribution in [0, 0.1) is 30.6 Å². The smallest absolute Gasteiger partial charge is 0.312 e. The van der Waals surface area contributed by atoms with Gasteiger partial charge in [-0.2, -0.15) is 0 Å². The molecule has 3 aliphatic rings. The van der Waals surface area contributed by atoms with Gasteiger partial charge in [-0.05, 0) is 32.1 Å². The van der Waals surface area contributed by atoms with Gasteiger partial charge in [0.1, 0.15) is 23.3 Å². The molecule has 0 unspecified atom stereocenters. The quantitative estimate of drug-likeness (QED) is 0.104. The first-order chi connectivity index (χ1) is 30.4. The molecule has 1 fully saturated rings. The number of amides is 1. The van der Waals surface area contributed by atoms with E-state index in [1.165, 1.54) is 38.6 Å². The second-order valence-corrected chi connectivity index (χ2v) is 18.3. The summed E-state index contributed by atoms with van der Waals surface area (Å²) in [5.74, 6) is -6.86. The Balaban J connectivity index is 1.37. The zero-order valence-electron chi connectivity index (χ0n) is 37.6. The summed E-state index contributed by atoms with van der Waals surface area (Å²) in [6, 6.07) is 10.1. The number of carbonyl (C=O) groups excluding carboxylic acids is 3. The van der Waals surface area contributed by atoms with Crippen LogP contribution in [-0.4, -0.2) is 107 Å². The number of hydrogen-bond acceptors (Lipinski definition) is 15. The van der Waals surface area contributed by atoms with Crippen molar-refractivity contribution < 1.29 is 53.8 Å². The minimum absolute atomic E-state index is 0.0147. The van der Waals surface area contributed by atoms with Crippen LogP contribution in [-0.2, 0) is 23.8 Å². The lowest BCUT2D eigenvalue weighted by Gasteiger charge is -2.38. The van der Waals surface area contributed by atoms with Crippen molar-refractivity contribution >= 4 is 66.5 Å². The molecule has 0 saturated carbocycles. The summed E-state index contributed by atoms with van der Waals surface area (Å²) in [5, 5.41) is 50.6. The average molecular weight is 899 g/mol. The molecular formula is C48H58N4O11S. The first kappa shape index (κ1) is 46.3. The molecule has 4 bridgehead atoms. The molecule has 16 heteroatoms. The Hall–Kier alpha value is -5.68. The summed E-state index contributed by atoms with van der Waals surface area (Å²) in [4.78, 5) is 50.6. The van der Waals surface area contributed by atoms with Crippen LogP contribution in [0.25, 0.3) is 21.0 Å². The van der Waals surface area contributed by atoms with E-state index in [9.17, 15) is 34.8 Å². The van der Waals surface area contributed by atoms with Crippen molar-refractivity contribution in [1.82, 2.24) is 4.98 Å². The standard InChI is InChI=1S/C48H58N4O11S/c1-24-14-13-15-25(2)46(59)49-37-41(57)34-33(36-44(37)64-47(50-36)52-21-19-51(20-22-52)31-16-11-10-12-17-31)35-43(29(6)40(34)56)63-48(8,45(35)58)61-23-18-32(60-9)26(3)42(62-30(7)53)28(5)39(55)27(4)38(24)54/h10-18,23-24,26-28,32,38-39,42,54-57H,19-22H2,1-9H3,(H,49,59)/b14-13+,23-18+,25-15+/t24-,26+,27+,28+,32-,38-,39+,42+,48-/m0/s1. The largest absolute Gasteiger partial charge is 0.507 e. The number of hydrogen-bond donors (Lipinski definition) is 5. The van der Waals surface area contributed by atoms with E-state index in [0.29, 0.717) is 36.0 Å². The van der Waals surface area contributed by atoms with Crippen molar-refractivity contribution in [2.24, 2.45) is 23.7 Å².